The quantitative estimate of drug-likeness (QED) is 0.659. The fourth-order valence-electron chi connectivity index (χ4n) is 3.51. The van der Waals surface area contributed by atoms with Crippen molar-refractivity contribution in [1.82, 2.24) is 0 Å². The summed E-state index contributed by atoms with van der Waals surface area (Å²) in [6.07, 6.45) is -0.317. The van der Waals surface area contributed by atoms with Crippen molar-refractivity contribution < 1.29 is 19.1 Å². The molecule has 0 saturated heterocycles. The molecule has 6 heteroatoms. The first-order valence-corrected chi connectivity index (χ1v) is 9.68. The van der Waals surface area contributed by atoms with Gasteiger partial charge in [0.1, 0.15) is 5.82 Å². The van der Waals surface area contributed by atoms with Crippen LogP contribution in [-0.4, -0.2) is 16.8 Å². The number of carbonyl (C=O) groups is 2. The van der Waals surface area contributed by atoms with Crippen molar-refractivity contribution in [3.63, 3.8) is 0 Å². The zero-order valence-corrected chi connectivity index (χ0v) is 16.0. The fraction of sp³-hybridized carbons (Fsp3) is 0.182. The molecule has 0 bridgehead atoms. The van der Waals surface area contributed by atoms with Gasteiger partial charge in [0.15, 0.2) is 11.4 Å². The second-order valence-corrected chi connectivity index (χ2v) is 8.19. The molecule has 1 N–H and O–H groups in total. The van der Waals surface area contributed by atoms with Crippen molar-refractivity contribution in [3.8, 4) is 0 Å². The fourth-order valence-corrected chi connectivity index (χ4v) is 4.32. The molecule has 1 atom stereocenters. The second-order valence-electron chi connectivity index (χ2n) is 6.91. The van der Waals surface area contributed by atoms with Crippen LogP contribution < -0.4 is 4.90 Å². The number of fused-ring (bicyclic) bond motifs is 1. The number of thiophene rings is 1. The lowest BCUT2D eigenvalue weighted by Crippen LogP contribution is -2.41. The highest BCUT2D eigenvalue weighted by atomic mass is 32.1. The van der Waals surface area contributed by atoms with Crippen LogP contribution in [0.25, 0.3) is 0 Å². The third kappa shape index (κ3) is 3.15. The van der Waals surface area contributed by atoms with Crippen LogP contribution in [0.2, 0.25) is 0 Å². The molecule has 3 aromatic rings. The summed E-state index contributed by atoms with van der Waals surface area (Å²) in [5, 5.41) is 11.3. The van der Waals surface area contributed by atoms with Gasteiger partial charge < -0.3 is 10.0 Å². The van der Waals surface area contributed by atoms with Crippen LogP contribution in [0, 0.1) is 12.7 Å². The predicted molar refractivity (Wildman–Crippen MR) is 106 cm³/mol. The summed E-state index contributed by atoms with van der Waals surface area (Å²) in [6, 6.07) is 16.3. The Kier molecular flexibility index (Phi) is 4.61. The number of ketones is 1. The van der Waals surface area contributed by atoms with Crippen LogP contribution >= 0.6 is 11.3 Å². The summed E-state index contributed by atoms with van der Waals surface area (Å²) in [5.41, 5.74) is -0.196. The van der Waals surface area contributed by atoms with E-state index in [2.05, 4.69) is 0 Å². The van der Waals surface area contributed by atoms with E-state index in [1.54, 1.807) is 42.5 Å². The molecule has 2 aromatic carbocycles. The summed E-state index contributed by atoms with van der Waals surface area (Å²) in [6.45, 7) is 2.08. The molecule has 142 valence electrons. The van der Waals surface area contributed by atoms with E-state index < -0.39 is 11.5 Å². The number of amides is 1. The van der Waals surface area contributed by atoms with Crippen molar-refractivity contribution in [2.24, 2.45) is 0 Å². The van der Waals surface area contributed by atoms with Crippen molar-refractivity contribution in [3.05, 3.63) is 87.4 Å². The van der Waals surface area contributed by atoms with Gasteiger partial charge in [-0.3, -0.25) is 9.59 Å². The van der Waals surface area contributed by atoms with E-state index in [1.165, 1.54) is 28.4 Å². The van der Waals surface area contributed by atoms with E-state index in [1.807, 2.05) is 13.0 Å². The highest BCUT2D eigenvalue weighted by molar-refractivity contribution is 7.14. The molecule has 0 spiro atoms. The molecule has 0 unspecified atom stereocenters. The van der Waals surface area contributed by atoms with Gasteiger partial charge in [0.05, 0.1) is 23.5 Å². The lowest BCUT2D eigenvalue weighted by Gasteiger charge is -2.22. The molecular formula is C22H18FNO3S. The van der Waals surface area contributed by atoms with Gasteiger partial charge >= 0.3 is 0 Å². The average Bonchev–Trinajstić information content (AvgIpc) is 3.20. The average molecular weight is 395 g/mol. The van der Waals surface area contributed by atoms with Gasteiger partial charge in [0.25, 0.3) is 5.91 Å². The van der Waals surface area contributed by atoms with Gasteiger partial charge in [-0.2, -0.15) is 0 Å². The number of nitrogens with zero attached hydrogens (tertiary/aromatic N) is 1. The Labute approximate surface area is 165 Å². The Hall–Kier alpha value is -2.83. The first-order valence-electron chi connectivity index (χ1n) is 8.86. The molecule has 1 aromatic heterocycles. The molecule has 0 saturated carbocycles. The number of hydrogen-bond donors (Lipinski definition) is 1. The van der Waals surface area contributed by atoms with E-state index in [0.717, 1.165) is 10.4 Å². The first-order chi connectivity index (χ1) is 13.4. The zero-order valence-electron chi connectivity index (χ0n) is 15.2. The Morgan fingerprint density at radius 2 is 1.82 bits per heavy atom. The van der Waals surface area contributed by atoms with Crippen LogP contribution in [0.4, 0.5) is 10.1 Å². The number of para-hydroxylation sites is 1. The first kappa shape index (κ1) is 18.5. The Morgan fingerprint density at radius 1 is 1.11 bits per heavy atom. The Morgan fingerprint density at radius 3 is 2.50 bits per heavy atom. The van der Waals surface area contributed by atoms with Crippen LogP contribution in [0.5, 0.6) is 0 Å². The standard InChI is InChI=1S/C22H18FNO3S/c1-14-6-11-20(28-14)19(25)12-22(27)17-4-2-3-5-18(17)24(21(22)26)13-15-7-9-16(23)10-8-15/h2-11,27H,12-13H2,1H3/t22-/m0/s1. The van der Waals surface area contributed by atoms with Crippen molar-refractivity contribution in [1.29, 1.82) is 0 Å². The minimum absolute atomic E-state index is 0.185. The Bertz CT molecular complexity index is 1060. The lowest BCUT2D eigenvalue weighted by atomic mass is 9.89. The third-order valence-electron chi connectivity index (χ3n) is 4.92. The van der Waals surface area contributed by atoms with Crippen LogP contribution in [0.15, 0.2) is 60.7 Å². The van der Waals surface area contributed by atoms with Crippen molar-refractivity contribution in [2.45, 2.75) is 25.5 Å². The van der Waals surface area contributed by atoms with Gasteiger partial charge in [-0.25, -0.2) is 4.39 Å². The SMILES string of the molecule is Cc1ccc(C(=O)C[C@@]2(O)C(=O)N(Cc3ccc(F)cc3)c3ccccc32)s1. The minimum Gasteiger partial charge on any atom is -0.375 e. The number of anilines is 1. The van der Waals surface area contributed by atoms with E-state index in [4.69, 9.17) is 0 Å². The maximum Gasteiger partial charge on any atom is 0.264 e. The molecule has 28 heavy (non-hydrogen) atoms. The number of hydrogen-bond acceptors (Lipinski definition) is 4. The second kappa shape index (κ2) is 6.96. The molecule has 4 rings (SSSR count). The van der Waals surface area contributed by atoms with E-state index in [0.29, 0.717) is 16.1 Å². The van der Waals surface area contributed by atoms with Crippen molar-refractivity contribution in [2.75, 3.05) is 4.90 Å². The van der Waals surface area contributed by atoms with E-state index in [9.17, 15) is 19.1 Å². The smallest absolute Gasteiger partial charge is 0.264 e. The summed E-state index contributed by atoms with van der Waals surface area (Å²) < 4.78 is 13.2. The van der Waals surface area contributed by atoms with E-state index >= 15 is 0 Å². The van der Waals surface area contributed by atoms with Crippen LogP contribution in [0.3, 0.4) is 0 Å². The van der Waals surface area contributed by atoms with Crippen molar-refractivity contribution >= 4 is 28.7 Å². The molecule has 0 aliphatic carbocycles. The van der Waals surface area contributed by atoms with Gasteiger partial charge in [-0.1, -0.05) is 30.3 Å². The molecule has 1 aliphatic rings. The van der Waals surface area contributed by atoms with E-state index in [-0.39, 0.29) is 24.6 Å². The summed E-state index contributed by atoms with van der Waals surface area (Å²) >= 11 is 1.34. The number of benzene rings is 2. The lowest BCUT2D eigenvalue weighted by molar-refractivity contribution is -0.136. The molecular weight excluding hydrogens is 377 g/mol. The summed E-state index contributed by atoms with van der Waals surface area (Å²) in [5.74, 6) is -1.17. The number of aryl methyl sites for hydroxylation is 1. The highest BCUT2D eigenvalue weighted by Gasteiger charge is 2.50. The zero-order chi connectivity index (χ0) is 19.9. The summed E-state index contributed by atoms with van der Waals surface area (Å²) in [7, 11) is 0. The van der Waals surface area contributed by atoms with Crippen LogP contribution in [-0.2, 0) is 16.9 Å². The molecule has 2 heterocycles. The third-order valence-corrected chi connectivity index (χ3v) is 5.97. The number of rotatable bonds is 5. The molecule has 1 aliphatic heterocycles. The monoisotopic (exact) mass is 395 g/mol. The van der Waals surface area contributed by atoms with Gasteiger partial charge in [-0.05, 0) is 42.8 Å². The topological polar surface area (TPSA) is 57.6 Å². The van der Waals surface area contributed by atoms with Gasteiger partial charge in [-0.15, -0.1) is 11.3 Å². The number of halogens is 1. The van der Waals surface area contributed by atoms with Gasteiger partial charge in [0.2, 0.25) is 0 Å². The number of aliphatic hydroxyl groups is 1. The highest BCUT2D eigenvalue weighted by Crippen LogP contribution is 2.43. The summed E-state index contributed by atoms with van der Waals surface area (Å²) in [4.78, 5) is 28.9. The minimum atomic E-state index is -1.91. The molecule has 0 fully saturated rings. The molecule has 4 nitrogen and oxygen atoms in total. The normalized spacial score (nSPS) is 18.4. The maximum atomic E-state index is 13.2. The van der Waals surface area contributed by atoms with Gasteiger partial charge in [0, 0.05) is 10.4 Å². The number of Topliss-reactive ketones (excluding diaryl/α,β-unsaturated/α-hetero) is 1. The Balaban J connectivity index is 1.67. The predicted octanol–water partition coefficient (Wildman–Crippen LogP) is 4.20. The molecule has 1 amide bonds. The largest absolute Gasteiger partial charge is 0.375 e. The van der Waals surface area contributed by atoms with Crippen LogP contribution in [0.1, 0.15) is 32.1 Å². The number of carbonyl (C=O) groups excluding carboxylic acids is 2. The molecule has 0 radical (unpaired) electrons. The maximum absolute atomic E-state index is 13.2.